The average Bonchev–Trinajstić information content (AvgIpc) is 3.60. The van der Waals surface area contributed by atoms with E-state index in [0.717, 1.165) is 42.3 Å². The molecule has 1 saturated carbocycles. The Bertz CT molecular complexity index is 1180. The summed E-state index contributed by atoms with van der Waals surface area (Å²) in [6.07, 6.45) is 5.36. The molecule has 0 radical (unpaired) electrons. The number of rotatable bonds is 5. The van der Waals surface area contributed by atoms with Crippen LogP contribution in [0.1, 0.15) is 28.8 Å². The highest BCUT2D eigenvalue weighted by atomic mass is 35.5. The third-order valence-corrected chi connectivity index (χ3v) is 6.51. The van der Waals surface area contributed by atoms with Crippen molar-refractivity contribution in [3.63, 3.8) is 0 Å². The summed E-state index contributed by atoms with van der Waals surface area (Å²) >= 11 is 6.18. The molecular weight excluding hydrogens is 438 g/mol. The molecule has 8 heteroatoms. The van der Waals surface area contributed by atoms with E-state index >= 15 is 0 Å². The van der Waals surface area contributed by atoms with Gasteiger partial charge in [-0.25, -0.2) is 4.98 Å². The summed E-state index contributed by atoms with van der Waals surface area (Å²) in [6, 6.07) is 13.4. The quantitative estimate of drug-likeness (QED) is 0.617. The zero-order chi connectivity index (χ0) is 22.9. The van der Waals surface area contributed by atoms with Crippen molar-refractivity contribution in [1.82, 2.24) is 14.5 Å². The molecule has 2 aromatic carbocycles. The van der Waals surface area contributed by atoms with Crippen molar-refractivity contribution in [1.29, 1.82) is 0 Å². The van der Waals surface area contributed by atoms with Gasteiger partial charge in [-0.15, -0.1) is 0 Å². The van der Waals surface area contributed by atoms with Crippen LogP contribution in [0.3, 0.4) is 0 Å². The number of benzene rings is 2. The smallest absolute Gasteiger partial charge is 0.253 e. The topological polar surface area (TPSA) is 70.5 Å². The number of imidazole rings is 1. The molecule has 7 nitrogen and oxygen atoms in total. The number of piperazine rings is 1. The summed E-state index contributed by atoms with van der Waals surface area (Å²) in [5.41, 5.74) is 3.86. The minimum Gasteiger partial charge on any atom is -0.368 e. The van der Waals surface area contributed by atoms with E-state index in [1.54, 1.807) is 12.5 Å². The Morgan fingerprint density at radius 2 is 1.76 bits per heavy atom. The van der Waals surface area contributed by atoms with Gasteiger partial charge in [-0.3, -0.25) is 9.59 Å². The van der Waals surface area contributed by atoms with Crippen LogP contribution < -0.4 is 10.2 Å². The van der Waals surface area contributed by atoms with Gasteiger partial charge in [0.05, 0.1) is 6.20 Å². The van der Waals surface area contributed by atoms with Gasteiger partial charge in [-0.2, -0.15) is 0 Å². The molecule has 1 aliphatic heterocycles. The largest absolute Gasteiger partial charge is 0.368 e. The Morgan fingerprint density at radius 3 is 2.45 bits per heavy atom. The molecule has 1 N–H and O–H groups in total. The maximum absolute atomic E-state index is 13.0. The highest BCUT2D eigenvalue weighted by molar-refractivity contribution is 6.30. The van der Waals surface area contributed by atoms with E-state index in [0.29, 0.717) is 24.5 Å². The molecule has 2 amide bonds. The van der Waals surface area contributed by atoms with Gasteiger partial charge in [0.2, 0.25) is 5.91 Å². The minimum absolute atomic E-state index is 0.0341. The predicted molar refractivity (Wildman–Crippen MR) is 129 cm³/mol. The third kappa shape index (κ3) is 4.73. The first-order valence-corrected chi connectivity index (χ1v) is 11.6. The van der Waals surface area contributed by atoms with Crippen LogP contribution in [0.25, 0.3) is 5.69 Å². The molecule has 1 aliphatic carbocycles. The van der Waals surface area contributed by atoms with Crippen molar-refractivity contribution in [2.24, 2.45) is 5.92 Å². The second kappa shape index (κ2) is 8.90. The molecular formula is C25H26ClN5O2. The standard InChI is InChI=1S/C25H26ClN5O2/c1-17-2-7-20(26)14-22(17)29-10-12-30(13-11-29)25(33)19-5-8-21(9-6-19)31-15-23(27-16-31)28-24(32)18-3-4-18/h2,5-9,14-16,18H,3-4,10-13H2,1H3,(H,28,32). The van der Waals surface area contributed by atoms with Crippen LogP contribution in [0.5, 0.6) is 0 Å². The van der Waals surface area contributed by atoms with Crippen LogP contribution in [0.15, 0.2) is 55.0 Å². The van der Waals surface area contributed by atoms with E-state index in [-0.39, 0.29) is 17.7 Å². The minimum atomic E-state index is 0.0341. The number of carbonyl (C=O) groups is 2. The Morgan fingerprint density at radius 1 is 1.03 bits per heavy atom. The lowest BCUT2D eigenvalue weighted by Crippen LogP contribution is -2.49. The highest BCUT2D eigenvalue weighted by Crippen LogP contribution is 2.30. The first-order chi connectivity index (χ1) is 16.0. The maximum Gasteiger partial charge on any atom is 0.253 e. The van der Waals surface area contributed by atoms with Gasteiger partial charge in [0, 0.05) is 54.1 Å². The summed E-state index contributed by atoms with van der Waals surface area (Å²) in [7, 11) is 0. The second-order valence-corrected chi connectivity index (χ2v) is 9.12. The van der Waals surface area contributed by atoms with E-state index in [1.807, 2.05) is 51.9 Å². The summed E-state index contributed by atoms with van der Waals surface area (Å²) < 4.78 is 1.84. The normalized spacial score (nSPS) is 16.1. The Kier molecular flexibility index (Phi) is 5.81. The Balaban J connectivity index is 1.20. The lowest BCUT2D eigenvalue weighted by atomic mass is 10.1. The van der Waals surface area contributed by atoms with E-state index < -0.39 is 0 Å². The van der Waals surface area contributed by atoms with E-state index in [4.69, 9.17) is 11.6 Å². The van der Waals surface area contributed by atoms with Crippen molar-refractivity contribution < 1.29 is 9.59 Å². The number of nitrogens with zero attached hydrogens (tertiary/aromatic N) is 4. The highest BCUT2D eigenvalue weighted by Gasteiger charge is 2.30. The molecule has 0 spiro atoms. The van der Waals surface area contributed by atoms with Crippen molar-refractivity contribution >= 4 is 34.9 Å². The van der Waals surface area contributed by atoms with Crippen LogP contribution in [0.4, 0.5) is 11.5 Å². The van der Waals surface area contributed by atoms with Gasteiger partial charge >= 0.3 is 0 Å². The second-order valence-electron chi connectivity index (χ2n) is 8.69. The number of halogens is 1. The SMILES string of the molecule is Cc1ccc(Cl)cc1N1CCN(C(=O)c2ccc(-n3cnc(NC(=O)C4CC4)c3)cc2)CC1. The molecule has 3 aromatic rings. The molecule has 5 rings (SSSR count). The Hall–Kier alpha value is -3.32. The fourth-order valence-electron chi connectivity index (χ4n) is 4.13. The molecule has 2 aliphatic rings. The Labute approximate surface area is 198 Å². The number of nitrogens with one attached hydrogen (secondary N) is 1. The lowest BCUT2D eigenvalue weighted by molar-refractivity contribution is -0.117. The molecule has 0 unspecified atom stereocenters. The van der Waals surface area contributed by atoms with Crippen molar-refractivity contribution in [3.8, 4) is 5.69 Å². The van der Waals surface area contributed by atoms with Gasteiger partial charge in [-0.05, 0) is 61.7 Å². The van der Waals surface area contributed by atoms with Crippen LogP contribution >= 0.6 is 11.6 Å². The van der Waals surface area contributed by atoms with Crippen LogP contribution in [0.2, 0.25) is 5.02 Å². The molecule has 170 valence electrons. The van der Waals surface area contributed by atoms with E-state index in [2.05, 4.69) is 22.1 Å². The first-order valence-electron chi connectivity index (χ1n) is 11.2. The number of carbonyl (C=O) groups excluding carboxylic acids is 2. The van der Waals surface area contributed by atoms with Crippen LogP contribution in [-0.2, 0) is 4.79 Å². The zero-order valence-electron chi connectivity index (χ0n) is 18.5. The monoisotopic (exact) mass is 463 g/mol. The molecule has 1 saturated heterocycles. The number of anilines is 2. The third-order valence-electron chi connectivity index (χ3n) is 6.27. The van der Waals surface area contributed by atoms with Crippen molar-refractivity contribution in [2.75, 3.05) is 36.4 Å². The maximum atomic E-state index is 13.0. The number of hydrogen-bond donors (Lipinski definition) is 1. The number of aryl methyl sites for hydroxylation is 1. The molecule has 0 bridgehead atoms. The van der Waals surface area contributed by atoms with Gasteiger partial charge in [0.15, 0.2) is 5.82 Å². The van der Waals surface area contributed by atoms with Crippen LogP contribution in [0, 0.1) is 12.8 Å². The summed E-state index contributed by atoms with van der Waals surface area (Å²) in [4.78, 5) is 33.4. The molecule has 33 heavy (non-hydrogen) atoms. The summed E-state index contributed by atoms with van der Waals surface area (Å²) in [6.45, 7) is 4.95. The molecule has 1 aromatic heterocycles. The number of aromatic nitrogens is 2. The van der Waals surface area contributed by atoms with Crippen molar-refractivity contribution in [2.45, 2.75) is 19.8 Å². The van der Waals surface area contributed by atoms with Crippen molar-refractivity contribution in [3.05, 3.63) is 71.1 Å². The van der Waals surface area contributed by atoms with Gasteiger partial charge < -0.3 is 19.7 Å². The van der Waals surface area contributed by atoms with Crippen LogP contribution in [-0.4, -0.2) is 52.4 Å². The number of amides is 2. The fraction of sp³-hybridized carbons (Fsp3) is 0.320. The number of hydrogen-bond acceptors (Lipinski definition) is 4. The van der Waals surface area contributed by atoms with E-state index in [9.17, 15) is 9.59 Å². The fourth-order valence-corrected chi connectivity index (χ4v) is 4.30. The van der Waals surface area contributed by atoms with Gasteiger partial charge in [-0.1, -0.05) is 17.7 Å². The van der Waals surface area contributed by atoms with Gasteiger partial charge in [0.1, 0.15) is 6.33 Å². The summed E-state index contributed by atoms with van der Waals surface area (Å²) in [5, 5.41) is 3.57. The lowest BCUT2D eigenvalue weighted by Gasteiger charge is -2.37. The van der Waals surface area contributed by atoms with Gasteiger partial charge in [0.25, 0.3) is 5.91 Å². The molecule has 2 heterocycles. The average molecular weight is 464 g/mol. The predicted octanol–water partition coefficient (Wildman–Crippen LogP) is 4.15. The van der Waals surface area contributed by atoms with E-state index in [1.165, 1.54) is 5.56 Å². The molecule has 0 atom stereocenters. The summed E-state index contributed by atoms with van der Waals surface area (Å²) in [5.74, 6) is 0.746. The first kappa shape index (κ1) is 21.5. The molecule has 2 fully saturated rings. The zero-order valence-corrected chi connectivity index (χ0v) is 19.3.